The summed E-state index contributed by atoms with van der Waals surface area (Å²) in [4.78, 5) is 0. The van der Waals surface area contributed by atoms with E-state index < -0.39 is 6.10 Å². The summed E-state index contributed by atoms with van der Waals surface area (Å²) < 4.78 is 18.5. The standard InChI is InChI=1S/C10H14FIN2O2/c1-16-5-6(15)4-14-10-2-7(11)8(12)3-9(10)13/h2-3,6,14-15H,4-5,13H2,1H3. The van der Waals surface area contributed by atoms with Gasteiger partial charge in [-0.25, -0.2) is 4.39 Å². The lowest BCUT2D eigenvalue weighted by molar-refractivity contribution is 0.0727. The topological polar surface area (TPSA) is 67.5 Å². The number of hydrogen-bond donors (Lipinski definition) is 3. The van der Waals surface area contributed by atoms with Gasteiger partial charge in [-0.1, -0.05) is 0 Å². The first kappa shape index (κ1) is 13.5. The molecule has 0 aliphatic rings. The summed E-state index contributed by atoms with van der Waals surface area (Å²) in [5, 5.41) is 12.3. The molecule has 0 radical (unpaired) electrons. The van der Waals surface area contributed by atoms with Gasteiger partial charge in [0.25, 0.3) is 0 Å². The first-order valence-corrected chi connectivity index (χ1v) is 5.78. The number of halogens is 2. The Balaban J connectivity index is 2.63. The van der Waals surface area contributed by atoms with Gasteiger partial charge in [-0.05, 0) is 28.7 Å². The van der Waals surface area contributed by atoms with Gasteiger partial charge in [0.15, 0.2) is 0 Å². The highest BCUT2D eigenvalue weighted by Crippen LogP contribution is 2.23. The largest absolute Gasteiger partial charge is 0.397 e. The van der Waals surface area contributed by atoms with Gasteiger partial charge in [-0.2, -0.15) is 0 Å². The van der Waals surface area contributed by atoms with Gasteiger partial charge in [0, 0.05) is 19.7 Å². The summed E-state index contributed by atoms with van der Waals surface area (Å²) in [6.07, 6.45) is -0.647. The molecule has 16 heavy (non-hydrogen) atoms. The molecule has 1 unspecified atom stereocenters. The molecule has 1 aromatic carbocycles. The van der Waals surface area contributed by atoms with Gasteiger partial charge in [-0.3, -0.25) is 0 Å². The molecule has 1 atom stereocenters. The van der Waals surface area contributed by atoms with Crippen LogP contribution in [0.15, 0.2) is 12.1 Å². The molecular formula is C10H14FIN2O2. The highest BCUT2D eigenvalue weighted by atomic mass is 127. The molecule has 1 aromatic rings. The normalized spacial score (nSPS) is 12.5. The lowest BCUT2D eigenvalue weighted by atomic mass is 10.2. The van der Waals surface area contributed by atoms with E-state index in [-0.39, 0.29) is 19.0 Å². The molecule has 90 valence electrons. The van der Waals surface area contributed by atoms with Gasteiger partial charge in [0.05, 0.1) is 27.7 Å². The third-order valence-corrected chi connectivity index (χ3v) is 2.81. The van der Waals surface area contributed by atoms with Crippen LogP contribution < -0.4 is 11.1 Å². The average Bonchev–Trinajstić information content (AvgIpc) is 2.22. The van der Waals surface area contributed by atoms with Crippen molar-refractivity contribution < 1.29 is 14.2 Å². The first-order chi connectivity index (χ1) is 7.54. The summed E-state index contributed by atoms with van der Waals surface area (Å²) in [6.45, 7) is 0.484. The van der Waals surface area contributed by atoms with Crippen molar-refractivity contribution in [2.45, 2.75) is 6.10 Å². The maximum atomic E-state index is 13.2. The van der Waals surface area contributed by atoms with Crippen molar-refractivity contribution in [3.05, 3.63) is 21.5 Å². The zero-order valence-electron chi connectivity index (χ0n) is 8.84. The highest BCUT2D eigenvalue weighted by Gasteiger charge is 2.08. The molecule has 6 heteroatoms. The van der Waals surface area contributed by atoms with Crippen molar-refractivity contribution in [2.24, 2.45) is 0 Å². The summed E-state index contributed by atoms with van der Waals surface area (Å²) in [5.41, 5.74) is 6.64. The van der Waals surface area contributed by atoms with Gasteiger partial charge in [0.1, 0.15) is 5.82 Å². The van der Waals surface area contributed by atoms with Crippen molar-refractivity contribution in [1.82, 2.24) is 0 Å². The molecule has 0 heterocycles. The number of methoxy groups -OCH3 is 1. The Kier molecular flexibility index (Phi) is 5.23. The van der Waals surface area contributed by atoms with Crippen LogP contribution >= 0.6 is 22.6 Å². The van der Waals surface area contributed by atoms with Crippen LogP contribution in [0.1, 0.15) is 0 Å². The van der Waals surface area contributed by atoms with E-state index in [2.05, 4.69) is 5.32 Å². The van der Waals surface area contributed by atoms with Crippen molar-refractivity contribution >= 4 is 34.0 Å². The van der Waals surface area contributed by atoms with Crippen LogP contribution in [-0.4, -0.2) is 31.5 Å². The Labute approximate surface area is 107 Å². The zero-order chi connectivity index (χ0) is 12.1. The summed E-state index contributed by atoms with van der Waals surface area (Å²) in [5.74, 6) is -0.335. The zero-order valence-corrected chi connectivity index (χ0v) is 11.0. The molecule has 0 saturated carbocycles. The van der Waals surface area contributed by atoms with Crippen molar-refractivity contribution in [2.75, 3.05) is 31.3 Å². The third-order valence-electron chi connectivity index (χ3n) is 1.98. The van der Waals surface area contributed by atoms with Gasteiger partial charge < -0.3 is 20.9 Å². The maximum absolute atomic E-state index is 13.2. The fourth-order valence-corrected chi connectivity index (χ4v) is 1.69. The number of aliphatic hydroxyl groups excluding tert-OH is 1. The fourth-order valence-electron chi connectivity index (χ4n) is 1.19. The van der Waals surface area contributed by atoms with Crippen LogP contribution in [0.3, 0.4) is 0 Å². The van der Waals surface area contributed by atoms with Crippen LogP contribution in [0.4, 0.5) is 15.8 Å². The molecule has 0 aromatic heterocycles. The minimum atomic E-state index is -0.647. The molecule has 1 rings (SSSR count). The van der Waals surface area contributed by atoms with E-state index in [4.69, 9.17) is 10.5 Å². The van der Waals surface area contributed by atoms with Crippen LogP contribution in [-0.2, 0) is 4.74 Å². The molecule has 0 spiro atoms. The van der Waals surface area contributed by atoms with Crippen LogP contribution in [0, 0.1) is 9.39 Å². The Morgan fingerprint density at radius 1 is 1.62 bits per heavy atom. The van der Waals surface area contributed by atoms with E-state index >= 15 is 0 Å². The molecule has 0 aliphatic heterocycles. The van der Waals surface area contributed by atoms with Gasteiger partial charge in [-0.15, -0.1) is 0 Å². The number of ether oxygens (including phenoxy) is 1. The van der Waals surface area contributed by atoms with E-state index in [1.165, 1.54) is 13.2 Å². The Bertz CT molecular complexity index is 363. The summed E-state index contributed by atoms with van der Waals surface area (Å²) in [6, 6.07) is 2.86. The third kappa shape index (κ3) is 3.76. The minimum Gasteiger partial charge on any atom is -0.397 e. The fraction of sp³-hybridized carbons (Fsp3) is 0.400. The lowest BCUT2D eigenvalue weighted by Gasteiger charge is -2.13. The van der Waals surface area contributed by atoms with E-state index in [9.17, 15) is 9.50 Å². The first-order valence-electron chi connectivity index (χ1n) is 4.70. The minimum absolute atomic E-state index is 0.222. The highest BCUT2D eigenvalue weighted by molar-refractivity contribution is 14.1. The second kappa shape index (κ2) is 6.21. The number of rotatable bonds is 5. The average molecular weight is 340 g/mol. The molecular weight excluding hydrogens is 326 g/mol. The van der Waals surface area contributed by atoms with Crippen molar-refractivity contribution in [3.63, 3.8) is 0 Å². The van der Waals surface area contributed by atoms with E-state index in [1.54, 1.807) is 6.07 Å². The molecule has 0 fully saturated rings. The van der Waals surface area contributed by atoms with Crippen LogP contribution in [0.25, 0.3) is 0 Å². The number of nitrogen functional groups attached to an aromatic ring is 1. The smallest absolute Gasteiger partial charge is 0.138 e. The number of nitrogens with two attached hydrogens (primary N) is 1. The molecule has 0 saturated heterocycles. The van der Waals surface area contributed by atoms with Crippen molar-refractivity contribution in [1.29, 1.82) is 0 Å². The SMILES string of the molecule is COCC(O)CNc1cc(F)c(I)cc1N. The maximum Gasteiger partial charge on any atom is 0.138 e. The molecule has 0 amide bonds. The van der Waals surface area contributed by atoms with Gasteiger partial charge in [0.2, 0.25) is 0 Å². The van der Waals surface area contributed by atoms with E-state index in [0.717, 1.165) is 0 Å². The summed E-state index contributed by atoms with van der Waals surface area (Å²) >= 11 is 1.87. The predicted molar refractivity (Wildman–Crippen MR) is 69.9 cm³/mol. The second-order valence-electron chi connectivity index (χ2n) is 3.34. The monoisotopic (exact) mass is 340 g/mol. The number of aliphatic hydroxyl groups is 1. The number of hydrogen-bond acceptors (Lipinski definition) is 4. The van der Waals surface area contributed by atoms with Crippen LogP contribution in [0.2, 0.25) is 0 Å². The number of anilines is 2. The second-order valence-corrected chi connectivity index (χ2v) is 4.51. The molecule has 4 N–H and O–H groups in total. The van der Waals surface area contributed by atoms with Crippen LogP contribution in [0.5, 0.6) is 0 Å². The lowest BCUT2D eigenvalue weighted by Crippen LogP contribution is -2.24. The Morgan fingerprint density at radius 3 is 2.94 bits per heavy atom. The summed E-state index contributed by atoms with van der Waals surface area (Å²) in [7, 11) is 1.50. The van der Waals surface area contributed by atoms with Gasteiger partial charge >= 0.3 is 0 Å². The Morgan fingerprint density at radius 2 is 2.31 bits per heavy atom. The number of nitrogens with one attached hydrogen (secondary N) is 1. The Hall–Kier alpha value is -0.600. The predicted octanol–water partition coefficient (Wildman–Crippen LogP) is 1.43. The molecule has 0 aliphatic carbocycles. The van der Waals surface area contributed by atoms with E-state index in [1.807, 2.05) is 22.6 Å². The molecule has 0 bridgehead atoms. The number of benzene rings is 1. The van der Waals surface area contributed by atoms with E-state index in [0.29, 0.717) is 14.9 Å². The quantitative estimate of drug-likeness (QED) is 0.560. The molecule has 4 nitrogen and oxygen atoms in total. The van der Waals surface area contributed by atoms with Crippen molar-refractivity contribution in [3.8, 4) is 0 Å².